The fraction of sp³-hybridized carbons (Fsp3) is 0.214. The fourth-order valence-electron chi connectivity index (χ4n) is 3.86. The summed E-state index contributed by atoms with van der Waals surface area (Å²) < 4.78 is 9.04. The summed E-state index contributed by atoms with van der Waals surface area (Å²) in [6, 6.07) is 21.9. The number of carbonyl (C=O) groups is 1. The Morgan fingerprint density at radius 2 is 1.76 bits per heavy atom. The molecule has 0 aliphatic heterocycles. The van der Waals surface area contributed by atoms with E-state index in [1.165, 1.54) is 27.6 Å². The van der Waals surface area contributed by atoms with E-state index in [0.29, 0.717) is 11.0 Å². The third-order valence-corrected chi connectivity index (χ3v) is 7.95. The molecule has 0 radical (unpaired) electrons. The molecule has 0 saturated heterocycles. The van der Waals surface area contributed by atoms with Gasteiger partial charge in [-0.15, -0.1) is 21.5 Å². The van der Waals surface area contributed by atoms with Crippen LogP contribution in [0.4, 0.5) is 5.69 Å². The smallest absolute Gasteiger partial charge is 0.234 e. The lowest BCUT2D eigenvalue weighted by Crippen LogP contribution is -2.14. The molecule has 9 heteroatoms. The van der Waals surface area contributed by atoms with Crippen molar-refractivity contribution in [3.8, 4) is 16.3 Å². The highest BCUT2D eigenvalue weighted by Gasteiger charge is 2.18. The second-order valence-corrected chi connectivity index (χ2v) is 10.9. The maximum Gasteiger partial charge on any atom is 0.234 e. The van der Waals surface area contributed by atoms with Gasteiger partial charge in [-0.05, 0) is 74.9 Å². The third kappa shape index (κ3) is 5.84. The Hall–Kier alpha value is -3.69. The van der Waals surface area contributed by atoms with Crippen LogP contribution in [0.3, 0.4) is 0 Å². The molecular weight excluding hydrogens is 502 g/mol. The highest BCUT2D eigenvalue weighted by atomic mass is 32.2. The van der Waals surface area contributed by atoms with Crippen LogP contribution in [0.5, 0.6) is 5.75 Å². The summed E-state index contributed by atoms with van der Waals surface area (Å²) in [6.07, 6.45) is -0.277. The van der Waals surface area contributed by atoms with E-state index in [1.807, 2.05) is 74.0 Å². The van der Waals surface area contributed by atoms with Crippen molar-refractivity contribution in [1.29, 1.82) is 0 Å². The topological polar surface area (TPSA) is 81.9 Å². The summed E-state index contributed by atoms with van der Waals surface area (Å²) in [5, 5.41) is 13.1. The summed E-state index contributed by atoms with van der Waals surface area (Å²) >= 11 is 3.01. The third-order valence-electron chi connectivity index (χ3n) is 5.86. The first-order valence-electron chi connectivity index (χ1n) is 11.9. The molecule has 0 bridgehead atoms. The summed E-state index contributed by atoms with van der Waals surface area (Å²) in [4.78, 5) is 17.3. The minimum Gasteiger partial charge on any atom is -0.483 e. The number of benzene rings is 3. The van der Waals surface area contributed by atoms with E-state index >= 15 is 0 Å². The van der Waals surface area contributed by atoms with Crippen molar-refractivity contribution in [2.75, 3.05) is 11.1 Å². The van der Waals surface area contributed by atoms with E-state index in [-0.39, 0.29) is 17.8 Å². The lowest BCUT2D eigenvalue weighted by Gasteiger charge is -2.14. The molecule has 1 unspecified atom stereocenters. The Kier molecular flexibility index (Phi) is 7.25. The predicted octanol–water partition coefficient (Wildman–Crippen LogP) is 6.58. The molecule has 5 aromatic rings. The van der Waals surface area contributed by atoms with Gasteiger partial charge in [0, 0.05) is 18.3 Å². The molecule has 5 rings (SSSR count). The van der Waals surface area contributed by atoms with E-state index < -0.39 is 0 Å². The second kappa shape index (κ2) is 10.7. The molecule has 0 aliphatic carbocycles. The van der Waals surface area contributed by atoms with Gasteiger partial charge in [0.05, 0.1) is 16.0 Å². The molecule has 1 atom stereocenters. The van der Waals surface area contributed by atoms with Crippen LogP contribution in [-0.4, -0.2) is 31.4 Å². The van der Waals surface area contributed by atoms with Crippen molar-refractivity contribution >= 4 is 44.9 Å². The average Bonchev–Trinajstić information content (AvgIpc) is 3.47. The van der Waals surface area contributed by atoms with E-state index in [4.69, 9.17) is 9.72 Å². The number of ether oxygens (including phenoxy) is 1. The number of nitrogens with one attached hydrogen (secondary N) is 1. The molecule has 0 saturated carbocycles. The van der Waals surface area contributed by atoms with Crippen molar-refractivity contribution < 1.29 is 9.53 Å². The van der Waals surface area contributed by atoms with Gasteiger partial charge in [0.25, 0.3) is 0 Å². The van der Waals surface area contributed by atoms with Crippen molar-refractivity contribution in [1.82, 2.24) is 19.7 Å². The number of hydrogen-bond donors (Lipinski definition) is 1. The largest absolute Gasteiger partial charge is 0.483 e. The van der Waals surface area contributed by atoms with Gasteiger partial charge < -0.3 is 14.6 Å². The lowest BCUT2D eigenvalue weighted by atomic mass is 10.2. The van der Waals surface area contributed by atoms with Crippen LogP contribution < -0.4 is 10.1 Å². The number of hydrogen-bond acceptors (Lipinski definition) is 7. The van der Waals surface area contributed by atoms with E-state index in [2.05, 4.69) is 40.6 Å². The molecule has 0 fully saturated rings. The average molecular weight is 530 g/mol. The maximum atomic E-state index is 12.6. The van der Waals surface area contributed by atoms with Gasteiger partial charge in [0.1, 0.15) is 10.8 Å². The first-order valence-corrected chi connectivity index (χ1v) is 13.7. The summed E-state index contributed by atoms with van der Waals surface area (Å²) in [5.41, 5.74) is 5.17. The Morgan fingerprint density at radius 3 is 2.51 bits per heavy atom. The Bertz CT molecular complexity index is 1540. The van der Waals surface area contributed by atoms with Crippen molar-refractivity contribution in [3.05, 3.63) is 83.7 Å². The number of carbonyl (C=O) groups excluding carboxylic acids is 1. The molecule has 2 aromatic heterocycles. The van der Waals surface area contributed by atoms with Gasteiger partial charge in [0.15, 0.2) is 17.1 Å². The number of thiazole rings is 1. The van der Waals surface area contributed by atoms with Gasteiger partial charge in [-0.3, -0.25) is 4.79 Å². The van der Waals surface area contributed by atoms with Gasteiger partial charge in [-0.25, -0.2) is 4.98 Å². The number of rotatable bonds is 8. The molecule has 0 aliphatic rings. The van der Waals surface area contributed by atoms with Crippen LogP contribution in [0.2, 0.25) is 0 Å². The Labute approximate surface area is 223 Å². The second-order valence-electron chi connectivity index (χ2n) is 8.88. The van der Waals surface area contributed by atoms with Crippen molar-refractivity contribution in [2.45, 2.75) is 32.0 Å². The minimum absolute atomic E-state index is 0.110. The first kappa shape index (κ1) is 25.0. The fourth-order valence-corrected chi connectivity index (χ4v) is 5.65. The zero-order valence-electron chi connectivity index (χ0n) is 21.1. The predicted molar refractivity (Wildman–Crippen MR) is 150 cm³/mol. The van der Waals surface area contributed by atoms with E-state index in [1.54, 1.807) is 11.3 Å². The number of thioether (sulfide) groups is 1. The van der Waals surface area contributed by atoms with Gasteiger partial charge in [-0.1, -0.05) is 35.5 Å². The minimum atomic E-state index is -0.277. The highest BCUT2D eigenvalue weighted by molar-refractivity contribution is 7.99. The zero-order valence-corrected chi connectivity index (χ0v) is 22.7. The van der Waals surface area contributed by atoms with Gasteiger partial charge >= 0.3 is 0 Å². The molecule has 1 N–H and O–H groups in total. The molecule has 7 nitrogen and oxygen atoms in total. The number of aromatic nitrogens is 4. The van der Waals surface area contributed by atoms with Crippen LogP contribution >= 0.6 is 23.1 Å². The number of nitrogens with zero attached hydrogens (tertiary/aromatic N) is 4. The molecule has 1 amide bonds. The van der Waals surface area contributed by atoms with E-state index in [0.717, 1.165) is 27.5 Å². The van der Waals surface area contributed by atoms with Gasteiger partial charge in [-0.2, -0.15) is 0 Å². The molecule has 0 spiro atoms. The molecule has 3 aromatic carbocycles. The summed E-state index contributed by atoms with van der Waals surface area (Å²) in [6.45, 7) is 6.05. The van der Waals surface area contributed by atoms with Crippen molar-refractivity contribution in [2.24, 2.45) is 7.05 Å². The molecule has 2 heterocycles. The number of fused-ring (bicyclic) bond motifs is 1. The zero-order chi connectivity index (χ0) is 25.9. The standard InChI is InChI=1S/C28H27N5O2S2/c1-17-5-12-22(13-6-17)35-19(3)26-31-32-28(33(26)4)36-16-25(34)29-21-10-8-20(9-11-21)27-30-23-14-7-18(2)15-24(23)37-27/h5-15,19H,16H2,1-4H3,(H,29,34). The van der Waals surface area contributed by atoms with Crippen LogP contribution in [-0.2, 0) is 11.8 Å². The Morgan fingerprint density at radius 1 is 1.03 bits per heavy atom. The lowest BCUT2D eigenvalue weighted by molar-refractivity contribution is -0.113. The normalized spacial score (nSPS) is 12.0. The van der Waals surface area contributed by atoms with Crippen molar-refractivity contribution in [3.63, 3.8) is 0 Å². The first-order chi connectivity index (χ1) is 17.9. The molecular formula is C28H27N5O2S2. The van der Waals surface area contributed by atoms with Crippen LogP contribution in [0.25, 0.3) is 20.8 Å². The maximum absolute atomic E-state index is 12.6. The summed E-state index contributed by atoms with van der Waals surface area (Å²) in [5.74, 6) is 1.59. The number of aryl methyl sites for hydroxylation is 2. The Balaban J connectivity index is 1.16. The number of amides is 1. The van der Waals surface area contributed by atoms with Crippen LogP contribution in [0.15, 0.2) is 71.9 Å². The van der Waals surface area contributed by atoms with Crippen LogP contribution in [0.1, 0.15) is 30.0 Å². The quantitative estimate of drug-likeness (QED) is 0.229. The highest BCUT2D eigenvalue weighted by Crippen LogP contribution is 2.31. The summed E-state index contributed by atoms with van der Waals surface area (Å²) in [7, 11) is 1.88. The monoisotopic (exact) mass is 529 g/mol. The molecule has 188 valence electrons. The van der Waals surface area contributed by atoms with E-state index in [9.17, 15) is 4.79 Å². The SMILES string of the molecule is Cc1ccc(OC(C)c2nnc(SCC(=O)Nc3ccc(-c4nc5ccc(C)cc5s4)cc3)n2C)cc1. The number of anilines is 1. The van der Waals surface area contributed by atoms with Crippen LogP contribution in [0, 0.1) is 13.8 Å². The molecule has 37 heavy (non-hydrogen) atoms. The van der Waals surface area contributed by atoms with Gasteiger partial charge in [0.2, 0.25) is 5.91 Å².